The molecule has 0 aliphatic rings. The molecule has 3 rings (SSSR count). The van der Waals surface area contributed by atoms with Crippen molar-refractivity contribution in [2.45, 2.75) is 0 Å². The lowest BCUT2D eigenvalue weighted by Crippen LogP contribution is -2.68. The standard InChI is InChI=1S/C14H11N2.ClHO4/c1-2-6-12(7-3-1)13-9-11-16-10-5-4-8-14(16)15-13;2-1(3,4)5/h1-11H;(H,2,3,4,5)/q+1;/p-1. The third-order valence-corrected chi connectivity index (χ3v) is 2.57. The van der Waals surface area contributed by atoms with Crippen LogP contribution in [0.5, 0.6) is 0 Å². The fourth-order valence-corrected chi connectivity index (χ4v) is 1.75. The third kappa shape index (κ3) is 5.07. The Morgan fingerprint density at radius 2 is 1.38 bits per heavy atom. The summed E-state index contributed by atoms with van der Waals surface area (Å²) in [6, 6.07) is 18.2. The average Bonchev–Trinajstić information content (AvgIpc) is 2.46. The lowest BCUT2D eigenvalue weighted by molar-refractivity contribution is -2.00. The van der Waals surface area contributed by atoms with E-state index in [-0.39, 0.29) is 0 Å². The highest BCUT2D eigenvalue weighted by atomic mass is 35.7. The van der Waals surface area contributed by atoms with Crippen LogP contribution in [-0.4, -0.2) is 4.98 Å². The monoisotopic (exact) mass is 306 g/mol. The summed E-state index contributed by atoms with van der Waals surface area (Å²) >= 11 is 0. The molecule has 0 bridgehead atoms. The lowest BCUT2D eigenvalue weighted by Gasteiger charge is -2.17. The van der Waals surface area contributed by atoms with Crippen LogP contribution >= 0.6 is 0 Å². The summed E-state index contributed by atoms with van der Waals surface area (Å²) in [5, 5.41) is 0. The molecular weight excluding hydrogens is 296 g/mol. The molecule has 0 unspecified atom stereocenters. The molecule has 0 fully saturated rings. The van der Waals surface area contributed by atoms with E-state index in [1.807, 2.05) is 59.3 Å². The predicted octanol–water partition coefficient (Wildman–Crippen LogP) is -2.27. The molecule has 0 atom stereocenters. The Kier molecular flexibility index (Phi) is 4.79. The molecule has 0 saturated heterocycles. The van der Waals surface area contributed by atoms with E-state index in [2.05, 4.69) is 17.1 Å². The molecule has 3 aromatic rings. The van der Waals surface area contributed by atoms with Gasteiger partial charge in [0.25, 0.3) is 0 Å². The van der Waals surface area contributed by atoms with E-state index in [9.17, 15) is 0 Å². The Balaban J connectivity index is 0.000000282. The first-order valence-corrected chi connectivity index (χ1v) is 7.11. The molecule has 0 N–H and O–H groups in total. The second kappa shape index (κ2) is 6.57. The first kappa shape index (κ1) is 15.3. The maximum absolute atomic E-state index is 8.49. The second-order valence-corrected chi connectivity index (χ2v) is 4.78. The van der Waals surface area contributed by atoms with Crippen LogP contribution in [0.4, 0.5) is 0 Å². The summed E-state index contributed by atoms with van der Waals surface area (Å²) in [6.45, 7) is 0. The van der Waals surface area contributed by atoms with Gasteiger partial charge in [0.05, 0.1) is 6.20 Å². The Bertz CT molecular complexity index is 711. The molecule has 108 valence electrons. The number of nitrogens with zero attached hydrogens (tertiary/aromatic N) is 2. The zero-order valence-corrected chi connectivity index (χ0v) is 11.5. The quantitative estimate of drug-likeness (QED) is 0.471. The molecule has 2 heterocycles. The van der Waals surface area contributed by atoms with E-state index in [0.29, 0.717) is 0 Å². The minimum atomic E-state index is -4.94. The van der Waals surface area contributed by atoms with Gasteiger partial charge in [0.1, 0.15) is 6.20 Å². The molecule has 6 nitrogen and oxygen atoms in total. The summed E-state index contributed by atoms with van der Waals surface area (Å²) in [4.78, 5) is 4.61. The lowest BCUT2D eigenvalue weighted by atomic mass is 10.1. The SMILES string of the molecule is [O-][Cl+3]([O-])([O-])[O-].c1ccc(-c2cc[n+]3ccccc3n2)cc1. The average molecular weight is 307 g/mol. The van der Waals surface area contributed by atoms with Crippen LogP contribution in [0.25, 0.3) is 16.9 Å². The smallest absolute Gasteiger partial charge is 0.222 e. The normalized spacial score (nSPS) is 10.9. The van der Waals surface area contributed by atoms with E-state index >= 15 is 0 Å². The van der Waals surface area contributed by atoms with Gasteiger partial charge in [-0.2, -0.15) is 0 Å². The van der Waals surface area contributed by atoms with Crippen molar-refractivity contribution < 1.29 is 33.3 Å². The predicted molar refractivity (Wildman–Crippen MR) is 62.8 cm³/mol. The highest BCUT2D eigenvalue weighted by molar-refractivity contribution is 5.59. The third-order valence-electron chi connectivity index (χ3n) is 2.57. The Labute approximate surface area is 122 Å². The maximum atomic E-state index is 8.49. The van der Waals surface area contributed by atoms with Crippen LogP contribution in [0.15, 0.2) is 67.0 Å². The van der Waals surface area contributed by atoms with Crippen LogP contribution in [0.3, 0.4) is 0 Å². The van der Waals surface area contributed by atoms with E-state index in [0.717, 1.165) is 16.9 Å². The minimum absolute atomic E-state index is 0.962. The van der Waals surface area contributed by atoms with Crippen molar-refractivity contribution in [2.75, 3.05) is 0 Å². The molecule has 0 spiro atoms. The van der Waals surface area contributed by atoms with Crippen molar-refractivity contribution in [2.24, 2.45) is 0 Å². The topological polar surface area (TPSA) is 109 Å². The van der Waals surface area contributed by atoms with Crippen molar-refractivity contribution in [1.82, 2.24) is 4.98 Å². The number of halogens is 1. The summed E-state index contributed by atoms with van der Waals surface area (Å²) in [5.41, 5.74) is 3.12. The minimum Gasteiger partial charge on any atom is -0.222 e. The van der Waals surface area contributed by atoms with Gasteiger partial charge in [0.15, 0.2) is 5.69 Å². The van der Waals surface area contributed by atoms with Crippen molar-refractivity contribution in [3.8, 4) is 11.3 Å². The summed E-state index contributed by atoms with van der Waals surface area (Å²) < 4.78 is 36.0. The number of pyridine rings is 1. The zero-order chi connectivity index (χ0) is 15.3. The fraction of sp³-hybridized carbons (Fsp3) is 0. The maximum Gasteiger partial charge on any atom is 0.328 e. The number of fused-ring (bicyclic) bond motifs is 1. The van der Waals surface area contributed by atoms with Crippen LogP contribution in [0.2, 0.25) is 0 Å². The van der Waals surface area contributed by atoms with Gasteiger partial charge in [-0.15, -0.1) is 10.2 Å². The van der Waals surface area contributed by atoms with Gasteiger partial charge in [-0.05, 0) is 11.1 Å². The van der Waals surface area contributed by atoms with Gasteiger partial charge in [-0.25, -0.2) is 23.0 Å². The molecule has 7 heteroatoms. The first-order valence-electron chi connectivity index (χ1n) is 5.88. The number of hydrogen-bond acceptors (Lipinski definition) is 5. The number of aromatic nitrogens is 2. The molecule has 2 aromatic heterocycles. The van der Waals surface area contributed by atoms with Crippen molar-refractivity contribution in [3.63, 3.8) is 0 Å². The molecule has 0 saturated carbocycles. The van der Waals surface area contributed by atoms with Crippen molar-refractivity contribution in [1.29, 1.82) is 0 Å². The number of benzene rings is 1. The summed E-state index contributed by atoms with van der Waals surface area (Å²) in [6.07, 6.45) is 4.03. The van der Waals surface area contributed by atoms with E-state index in [4.69, 9.17) is 18.6 Å². The fourth-order valence-electron chi connectivity index (χ4n) is 1.75. The zero-order valence-electron chi connectivity index (χ0n) is 10.8. The number of hydrogen-bond donors (Lipinski definition) is 0. The molecule has 0 radical (unpaired) electrons. The molecule has 0 aliphatic heterocycles. The van der Waals surface area contributed by atoms with Gasteiger partial charge in [-0.1, -0.05) is 36.4 Å². The molecule has 1 aromatic carbocycles. The Morgan fingerprint density at radius 1 is 0.762 bits per heavy atom. The van der Waals surface area contributed by atoms with Gasteiger partial charge < -0.3 is 0 Å². The molecule has 0 aliphatic carbocycles. The second-order valence-electron chi connectivity index (χ2n) is 4.02. The van der Waals surface area contributed by atoms with E-state index < -0.39 is 10.2 Å². The Hall–Kier alpha value is -2.09. The first-order chi connectivity index (χ1) is 9.93. The van der Waals surface area contributed by atoms with Crippen LogP contribution in [0.1, 0.15) is 0 Å². The van der Waals surface area contributed by atoms with Crippen LogP contribution < -0.4 is 23.0 Å². The Morgan fingerprint density at radius 3 is 2.05 bits per heavy atom. The van der Waals surface area contributed by atoms with Gasteiger partial charge in [0, 0.05) is 17.7 Å². The van der Waals surface area contributed by atoms with Gasteiger partial charge >= 0.3 is 5.65 Å². The largest absolute Gasteiger partial charge is 0.328 e. The molecule has 0 amide bonds. The molecular formula is C14H11ClN2O4. The molecule has 21 heavy (non-hydrogen) atoms. The van der Waals surface area contributed by atoms with Crippen LogP contribution in [0, 0.1) is 10.2 Å². The van der Waals surface area contributed by atoms with Crippen LogP contribution in [-0.2, 0) is 0 Å². The van der Waals surface area contributed by atoms with Gasteiger partial charge in [-0.3, -0.25) is 0 Å². The van der Waals surface area contributed by atoms with Crippen molar-refractivity contribution >= 4 is 5.65 Å². The number of rotatable bonds is 1. The van der Waals surface area contributed by atoms with Gasteiger partial charge in [0.2, 0.25) is 0 Å². The van der Waals surface area contributed by atoms with Crippen molar-refractivity contribution in [3.05, 3.63) is 67.0 Å². The van der Waals surface area contributed by atoms with E-state index in [1.165, 1.54) is 0 Å². The highest BCUT2D eigenvalue weighted by Gasteiger charge is 2.07. The van der Waals surface area contributed by atoms with E-state index in [1.54, 1.807) is 0 Å². The highest BCUT2D eigenvalue weighted by Crippen LogP contribution is 2.14. The summed E-state index contributed by atoms with van der Waals surface area (Å²) in [7, 11) is -4.94. The summed E-state index contributed by atoms with van der Waals surface area (Å²) in [5.74, 6) is 0.